The van der Waals surface area contributed by atoms with Gasteiger partial charge in [0.2, 0.25) is 17.7 Å². The number of amides is 3. The highest BCUT2D eigenvalue weighted by Gasteiger charge is 2.30. The molecular formula is C26H43N7O6S. The highest BCUT2D eigenvalue weighted by molar-refractivity contribution is 7.98. The van der Waals surface area contributed by atoms with E-state index < -0.39 is 47.9 Å². The molecule has 0 saturated heterocycles. The molecule has 4 unspecified atom stereocenters. The molecule has 1 rings (SSSR count). The van der Waals surface area contributed by atoms with Crippen LogP contribution in [-0.4, -0.2) is 82.6 Å². The Morgan fingerprint density at radius 1 is 0.925 bits per heavy atom. The Kier molecular flexibility index (Phi) is 15.5. The van der Waals surface area contributed by atoms with Gasteiger partial charge >= 0.3 is 5.97 Å². The zero-order valence-electron chi connectivity index (χ0n) is 23.3. The number of hydrogen-bond donors (Lipinski definition) is 8. The summed E-state index contributed by atoms with van der Waals surface area (Å²) < 4.78 is 0. The number of nitrogens with one attached hydrogen (secondary N) is 3. The van der Waals surface area contributed by atoms with Crippen LogP contribution in [0.2, 0.25) is 0 Å². The summed E-state index contributed by atoms with van der Waals surface area (Å²) in [7, 11) is 0. The number of carboxylic acid groups (broad SMARTS) is 1. The summed E-state index contributed by atoms with van der Waals surface area (Å²) in [6, 6.07) is 2.12. The van der Waals surface area contributed by atoms with Crippen LogP contribution < -0.4 is 33.2 Å². The van der Waals surface area contributed by atoms with Crippen molar-refractivity contribution < 1.29 is 29.4 Å². The lowest BCUT2D eigenvalue weighted by atomic mass is 10.0. The van der Waals surface area contributed by atoms with Crippen molar-refractivity contribution in [3.8, 4) is 5.75 Å². The Morgan fingerprint density at radius 3 is 2.00 bits per heavy atom. The van der Waals surface area contributed by atoms with Crippen LogP contribution in [0.5, 0.6) is 5.75 Å². The van der Waals surface area contributed by atoms with Gasteiger partial charge in [-0.15, -0.1) is 0 Å². The number of rotatable bonds is 18. The number of thioether (sulfide) groups is 1. The summed E-state index contributed by atoms with van der Waals surface area (Å²) in [5, 5.41) is 26.8. The number of carboxylic acids is 1. The fourth-order valence-corrected chi connectivity index (χ4v) is 4.24. The molecule has 0 fully saturated rings. The number of carbonyl (C=O) groups is 4. The monoisotopic (exact) mass is 581 g/mol. The van der Waals surface area contributed by atoms with E-state index in [0.29, 0.717) is 12.2 Å². The summed E-state index contributed by atoms with van der Waals surface area (Å²) in [4.78, 5) is 54.8. The van der Waals surface area contributed by atoms with E-state index in [1.54, 1.807) is 12.1 Å². The Morgan fingerprint density at radius 2 is 1.48 bits per heavy atom. The van der Waals surface area contributed by atoms with E-state index in [0.717, 1.165) is 5.56 Å². The molecule has 1 aromatic rings. The lowest BCUT2D eigenvalue weighted by Gasteiger charge is -2.25. The number of phenols is 1. The van der Waals surface area contributed by atoms with Crippen molar-refractivity contribution in [2.75, 3.05) is 18.6 Å². The van der Waals surface area contributed by atoms with E-state index in [1.165, 1.54) is 23.9 Å². The summed E-state index contributed by atoms with van der Waals surface area (Å²) in [5.41, 5.74) is 17.5. The maximum Gasteiger partial charge on any atom is 0.326 e. The van der Waals surface area contributed by atoms with Crippen molar-refractivity contribution in [1.29, 1.82) is 0 Å². The summed E-state index contributed by atoms with van der Waals surface area (Å²) in [6.45, 7) is 3.87. The van der Waals surface area contributed by atoms with Crippen LogP contribution in [-0.2, 0) is 25.6 Å². The molecule has 0 aliphatic heterocycles. The first kappa shape index (κ1) is 34.5. The van der Waals surface area contributed by atoms with Gasteiger partial charge in [0.05, 0.1) is 6.04 Å². The zero-order valence-corrected chi connectivity index (χ0v) is 24.1. The van der Waals surface area contributed by atoms with Crippen molar-refractivity contribution in [1.82, 2.24) is 16.0 Å². The first-order chi connectivity index (χ1) is 18.8. The van der Waals surface area contributed by atoms with Crippen LogP contribution in [0.1, 0.15) is 45.1 Å². The minimum atomic E-state index is -1.18. The van der Waals surface area contributed by atoms with Crippen molar-refractivity contribution in [2.24, 2.45) is 28.1 Å². The lowest BCUT2D eigenvalue weighted by Crippen LogP contribution is -2.57. The zero-order chi connectivity index (χ0) is 30.2. The van der Waals surface area contributed by atoms with Crippen LogP contribution in [0.15, 0.2) is 29.3 Å². The van der Waals surface area contributed by atoms with Crippen molar-refractivity contribution >= 4 is 41.4 Å². The van der Waals surface area contributed by atoms with Crippen molar-refractivity contribution in [3.63, 3.8) is 0 Å². The number of guanidine groups is 1. The Labute approximate surface area is 239 Å². The fourth-order valence-electron chi connectivity index (χ4n) is 3.77. The van der Waals surface area contributed by atoms with Crippen molar-refractivity contribution in [2.45, 2.75) is 70.1 Å². The molecule has 0 radical (unpaired) electrons. The smallest absolute Gasteiger partial charge is 0.326 e. The highest BCUT2D eigenvalue weighted by atomic mass is 32.2. The van der Waals surface area contributed by atoms with E-state index in [2.05, 4.69) is 20.9 Å². The lowest BCUT2D eigenvalue weighted by molar-refractivity contribution is -0.142. The third-order valence-corrected chi connectivity index (χ3v) is 6.52. The van der Waals surface area contributed by atoms with Crippen LogP contribution in [0.3, 0.4) is 0 Å². The average Bonchev–Trinajstić information content (AvgIpc) is 2.88. The van der Waals surface area contributed by atoms with Gasteiger partial charge in [0.25, 0.3) is 0 Å². The van der Waals surface area contributed by atoms with Crippen LogP contribution in [0.4, 0.5) is 0 Å². The molecule has 0 saturated carbocycles. The topological polar surface area (TPSA) is 235 Å². The number of aromatic hydroxyl groups is 1. The van der Waals surface area contributed by atoms with Gasteiger partial charge in [-0.05, 0) is 67.7 Å². The maximum absolute atomic E-state index is 13.3. The fraction of sp³-hybridized carbons (Fsp3) is 0.577. The minimum Gasteiger partial charge on any atom is -0.508 e. The highest BCUT2D eigenvalue weighted by Crippen LogP contribution is 2.12. The number of phenolic OH excluding ortho intramolecular Hbond substituents is 1. The number of nitrogens with two attached hydrogens (primary N) is 3. The summed E-state index contributed by atoms with van der Waals surface area (Å²) >= 11 is 1.48. The maximum atomic E-state index is 13.3. The molecule has 0 aromatic heterocycles. The standard InChI is InChI=1S/C26H43N7O6S/c1-15(2)13-21(25(38)39)33-23(36)19(5-4-11-30-26(28)29)32-24(37)20(10-12-40-3)31-22(35)18(27)14-16-6-8-17(34)9-7-16/h6-9,15,18-21,34H,4-5,10-14,27H2,1-3H3,(H,31,35)(H,32,37)(H,33,36)(H,38,39)(H4,28,29,30). The van der Waals surface area contributed by atoms with Crippen molar-refractivity contribution in [3.05, 3.63) is 29.8 Å². The van der Waals surface area contributed by atoms with Gasteiger partial charge in [0.15, 0.2) is 5.96 Å². The number of carbonyl (C=O) groups excluding carboxylic acids is 3. The predicted molar refractivity (Wildman–Crippen MR) is 156 cm³/mol. The number of aliphatic carboxylic acids is 1. The van der Waals surface area contributed by atoms with Gasteiger partial charge in [-0.3, -0.25) is 19.4 Å². The van der Waals surface area contributed by atoms with Gasteiger partial charge < -0.3 is 43.4 Å². The molecule has 0 bridgehead atoms. The molecule has 4 atom stereocenters. The average molecular weight is 582 g/mol. The number of benzene rings is 1. The van der Waals surface area contributed by atoms with Gasteiger partial charge in [-0.1, -0.05) is 26.0 Å². The second-order valence-corrected chi connectivity index (χ2v) is 10.8. The van der Waals surface area contributed by atoms with E-state index >= 15 is 0 Å². The second-order valence-electron chi connectivity index (χ2n) is 9.86. The van der Waals surface area contributed by atoms with Gasteiger partial charge in [-0.25, -0.2) is 4.79 Å². The molecule has 1 aromatic carbocycles. The van der Waals surface area contributed by atoms with Gasteiger partial charge in [-0.2, -0.15) is 11.8 Å². The number of aliphatic imine (C=N–C) groups is 1. The molecule has 0 aliphatic rings. The molecule has 40 heavy (non-hydrogen) atoms. The molecule has 11 N–H and O–H groups in total. The SMILES string of the molecule is CSCCC(NC(=O)C(N)Cc1ccc(O)cc1)C(=O)NC(CCCN=C(N)N)C(=O)NC(CC(C)C)C(=O)O. The van der Waals surface area contributed by atoms with E-state index in [9.17, 15) is 29.4 Å². The molecule has 13 nitrogen and oxygen atoms in total. The Bertz CT molecular complexity index is 1000. The summed E-state index contributed by atoms with van der Waals surface area (Å²) in [5.74, 6) is -2.47. The summed E-state index contributed by atoms with van der Waals surface area (Å²) in [6.07, 6.45) is 2.99. The first-order valence-electron chi connectivity index (χ1n) is 13.1. The molecule has 224 valence electrons. The first-order valence-corrected chi connectivity index (χ1v) is 14.4. The van der Waals surface area contributed by atoms with E-state index in [-0.39, 0.29) is 49.9 Å². The van der Waals surface area contributed by atoms with Crippen LogP contribution in [0, 0.1) is 5.92 Å². The van der Waals surface area contributed by atoms with Crippen LogP contribution >= 0.6 is 11.8 Å². The Balaban J connectivity index is 3.01. The third-order valence-electron chi connectivity index (χ3n) is 5.87. The number of hydrogen-bond acceptors (Lipinski definition) is 8. The van der Waals surface area contributed by atoms with Gasteiger partial charge in [0.1, 0.15) is 23.9 Å². The molecular weight excluding hydrogens is 538 g/mol. The second kappa shape index (κ2) is 17.9. The largest absolute Gasteiger partial charge is 0.508 e. The number of nitrogens with zero attached hydrogens (tertiary/aromatic N) is 1. The van der Waals surface area contributed by atoms with E-state index in [4.69, 9.17) is 17.2 Å². The third kappa shape index (κ3) is 13.5. The molecule has 14 heteroatoms. The quantitative estimate of drug-likeness (QED) is 0.0637. The predicted octanol–water partition coefficient (Wildman–Crippen LogP) is -0.346. The van der Waals surface area contributed by atoms with E-state index in [1.807, 2.05) is 20.1 Å². The molecule has 0 spiro atoms. The molecule has 0 heterocycles. The minimum absolute atomic E-state index is 0.00762. The normalized spacial score (nSPS) is 13.9. The molecule has 3 amide bonds. The molecule has 0 aliphatic carbocycles. The van der Waals surface area contributed by atoms with Crippen LogP contribution in [0.25, 0.3) is 0 Å². The van der Waals surface area contributed by atoms with Gasteiger partial charge in [0, 0.05) is 6.54 Å². The Hall–Kier alpha value is -3.52.